The first-order chi connectivity index (χ1) is 17.0. The lowest BCUT2D eigenvalue weighted by Crippen LogP contribution is -2.43. The molecule has 0 N–H and O–H groups in total. The molecular formula is C28H32N4O3. The van der Waals surface area contributed by atoms with Crippen LogP contribution in [0.5, 0.6) is 0 Å². The minimum Gasteiger partial charge on any atom is -0.466 e. The molecule has 35 heavy (non-hydrogen) atoms. The Labute approximate surface area is 206 Å². The van der Waals surface area contributed by atoms with Gasteiger partial charge in [-0.15, -0.1) is 0 Å². The fraction of sp³-hybridized carbons (Fsp3) is 0.357. The van der Waals surface area contributed by atoms with Gasteiger partial charge in [-0.3, -0.25) is 9.59 Å². The molecule has 1 aliphatic rings. The maximum Gasteiger partial charge on any atom is 0.310 e. The summed E-state index contributed by atoms with van der Waals surface area (Å²) in [7, 11) is 1.93. The van der Waals surface area contributed by atoms with Crippen molar-refractivity contribution in [2.45, 2.75) is 33.2 Å². The maximum atomic E-state index is 13.7. The molecule has 7 nitrogen and oxygen atoms in total. The number of piperidine rings is 1. The molecular weight excluding hydrogens is 440 g/mol. The number of hydrogen-bond acceptors (Lipinski definition) is 6. The van der Waals surface area contributed by atoms with Gasteiger partial charge in [0, 0.05) is 38.4 Å². The van der Waals surface area contributed by atoms with Crippen molar-refractivity contribution in [3.05, 3.63) is 77.5 Å². The van der Waals surface area contributed by atoms with Crippen LogP contribution in [0.4, 0.5) is 5.82 Å². The molecule has 1 aliphatic heterocycles. The Kier molecular flexibility index (Phi) is 7.75. The van der Waals surface area contributed by atoms with E-state index in [1.54, 1.807) is 18.0 Å². The Balaban J connectivity index is 1.66. The van der Waals surface area contributed by atoms with Crippen LogP contribution in [0.1, 0.15) is 41.3 Å². The minimum absolute atomic E-state index is 0.163. The Morgan fingerprint density at radius 2 is 1.86 bits per heavy atom. The predicted molar refractivity (Wildman–Crippen MR) is 136 cm³/mol. The summed E-state index contributed by atoms with van der Waals surface area (Å²) in [5, 5.41) is 0. The third-order valence-corrected chi connectivity index (χ3v) is 6.26. The first-order valence-corrected chi connectivity index (χ1v) is 12.1. The van der Waals surface area contributed by atoms with Gasteiger partial charge < -0.3 is 14.5 Å². The lowest BCUT2D eigenvalue weighted by molar-refractivity contribution is -0.149. The van der Waals surface area contributed by atoms with Crippen molar-refractivity contribution in [2.24, 2.45) is 5.92 Å². The van der Waals surface area contributed by atoms with Gasteiger partial charge in [-0.05, 0) is 32.3 Å². The Morgan fingerprint density at radius 1 is 1.11 bits per heavy atom. The molecule has 0 aliphatic carbocycles. The minimum atomic E-state index is -0.300. The summed E-state index contributed by atoms with van der Waals surface area (Å²) in [6.07, 6.45) is 3.11. The fourth-order valence-corrected chi connectivity index (χ4v) is 4.37. The predicted octanol–water partition coefficient (Wildman–Crippen LogP) is 4.50. The number of benzene rings is 2. The molecule has 1 fully saturated rings. The van der Waals surface area contributed by atoms with Crippen LogP contribution in [-0.4, -0.2) is 53.5 Å². The van der Waals surface area contributed by atoms with E-state index in [0.29, 0.717) is 43.4 Å². The van der Waals surface area contributed by atoms with Gasteiger partial charge >= 0.3 is 5.97 Å². The third kappa shape index (κ3) is 5.85. The van der Waals surface area contributed by atoms with Gasteiger partial charge in [0.15, 0.2) is 5.82 Å². The molecule has 1 atom stereocenters. The van der Waals surface area contributed by atoms with E-state index in [4.69, 9.17) is 9.72 Å². The van der Waals surface area contributed by atoms with Crippen molar-refractivity contribution >= 4 is 17.7 Å². The molecule has 0 spiro atoms. The maximum absolute atomic E-state index is 13.7. The topological polar surface area (TPSA) is 75.6 Å². The summed E-state index contributed by atoms with van der Waals surface area (Å²) in [5.74, 6) is 0.440. The SMILES string of the molecule is CCOC(=O)C1CCCN(C(=O)c2cnc(-c3ccc(C)cc3)nc2N(C)Cc2ccccc2)C1. The van der Waals surface area contributed by atoms with Gasteiger partial charge in [0.1, 0.15) is 11.4 Å². The first kappa shape index (κ1) is 24.4. The molecule has 1 aromatic heterocycles. The smallest absolute Gasteiger partial charge is 0.310 e. The Morgan fingerprint density at radius 3 is 2.57 bits per heavy atom. The fourth-order valence-electron chi connectivity index (χ4n) is 4.37. The molecule has 1 amide bonds. The summed E-state index contributed by atoms with van der Waals surface area (Å²) in [4.78, 5) is 39.1. The van der Waals surface area contributed by atoms with Crippen molar-refractivity contribution < 1.29 is 14.3 Å². The van der Waals surface area contributed by atoms with E-state index < -0.39 is 0 Å². The molecule has 1 unspecified atom stereocenters. The summed E-state index contributed by atoms with van der Waals surface area (Å²) < 4.78 is 5.21. The van der Waals surface area contributed by atoms with Crippen LogP contribution in [0.15, 0.2) is 60.8 Å². The number of aryl methyl sites for hydroxylation is 1. The van der Waals surface area contributed by atoms with E-state index in [2.05, 4.69) is 17.1 Å². The van der Waals surface area contributed by atoms with E-state index in [9.17, 15) is 9.59 Å². The summed E-state index contributed by atoms with van der Waals surface area (Å²) in [6.45, 7) is 5.71. The van der Waals surface area contributed by atoms with Crippen LogP contribution in [0.3, 0.4) is 0 Å². The molecule has 3 aromatic rings. The zero-order chi connectivity index (χ0) is 24.8. The van der Waals surface area contributed by atoms with Gasteiger partial charge in [-0.25, -0.2) is 9.97 Å². The van der Waals surface area contributed by atoms with E-state index in [0.717, 1.165) is 29.5 Å². The highest BCUT2D eigenvalue weighted by atomic mass is 16.5. The zero-order valence-electron chi connectivity index (χ0n) is 20.6. The number of anilines is 1. The second-order valence-corrected chi connectivity index (χ2v) is 8.98. The lowest BCUT2D eigenvalue weighted by Gasteiger charge is -2.32. The Bertz CT molecular complexity index is 1160. The lowest BCUT2D eigenvalue weighted by atomic mass is 9.97. The van der Waals surface area contributed by atoms with E-state index >= 15 is 0 Å². The molecule has 0 saturated carbocycles. The van der Waals surface area contributed by atoms with Crippen molar-refractivity contribution in [1.29, 1.82) is 0 Å². The highest BCUT2D eigenvalue weighted by Crippen LogP contribution is 2.27. The quantitative estimate of drug-likeness (QED) is 0.471. The van der Waals surface area contributed by atoms with Crippen LogP contribution >= 0.6 is 0 Å². The van der Waals surface area contributed by atoms with Gasteiger partial charge in [0.25, 0.3) is 5.91 Å². The van der Waals surface area contributed by atoms with Crippen LogP contribution in [0.25, 0.3) is 11.4 Å². The normalized spacial score (nSPS) is 15.5. The Hall–Kier alpha value is -3.74. The average molecular weight is 473 g/mol. The second kappa shape index (κ2) is 11.1. The highest BCUT2D eigenvalue weighted by Gasteiger charge is 2.31. The first-order valence-electron chi connectivity index (χ1n) is 12.1. The van der Waals surface area contributed by atoms with E-state index in [1.165, 1.54) is 0 Å². The van der Waals surface area contributed by atoms with Gasteiger partial charge in [-0.1, -0.05) is 60.2 Å². The van der Waals surface area contributed by atoms with Gasteiger partial charge in [-0.2, -0.15) is 0 Å². The average Bonchev–Trinajstić information content (AvgIpc) is 2.89. The molecule has 0 bridgehead atoms. The van der Waals surface area contributed by atoms with Crippen LogP contribution < -0.4 is 4.90 Å². The number of likely N-dealkylation sites (tertiary alicyclic amines) is 1. The second-order valence-electron chi connectivity index (χ2n) is 8.98. The van der Waals surface area contributed by atoms with Crippen molar-refractivity contribution in [2.75, 3.05) is 31.6 Å². The van der Waals surface area contributed by atoms with Crippen molar-refractivity contribution in [1.82, 2.24) is 14.9 Å². The van der Waals surface area contributed by atoms with Crippen molar-refractivity contribution in [3.8, 4) is 11.4 Å². The monoisotopic (exact) mass is 472 g/mol. The van der Waals surface area contributed by atoms with E-state index in [-0.39, 0.29) is 17.8 Å². The van der Waals surface area contributed by atoms with Gasteiger partial charge in [0.05, 0.1) is 12.5 Å². The molecule has 0 radical (unpaired) electrons. The number of amides is 1. The number of rotatable bonds is 7. The number of hydrogen-bond donors (Lipinski definition) is 0. The molecule has 1 saturated heterocycles. The number of nitrogens with zero attached hydrogens (tertiary/aromatic N) is 4. The summed E-state index contributed by atoms with van der Waals surface area (Å²) in [6, 6.07) is 18.1. The summed E-state index contributed by atoms with van der Waals surface area (Å²) in [5.41, 5.74) is 3.60. The zero-order valence-corrected chi connectivity index (χ0v) is 20.6. The largest absolute Gasteiger partial charge is 0.466 e. The van der Waals surface area contributed by atoms with Gasteiger partial charge in [0.2, 0.25) is 0 Å². The third-order valence-electron chi connectivity index (χ3n) is 6.26. The van der Waals surface area contributed by atoms with E-state index in [1.807, 2.05) is 61.3 Å². The standard InChI is InChI=1S/C28H32N4O3/c1-4-35-28(34)23-11-8-16-32(19-23)27(33)24-17-29-25(22-14-12-20(2)13-15-22)30-26(24)31(3)18-21-9-6-5-7-10-21/h5-7,9-10,12-15,17,23H,4,8,11,16,18-19H2,1-3H3. The number of carbonyl (C=O) groups excluding carboxylic acids is 2. The number of aromatic nitrogens is 2. The molecule has 4 rings (SSSR count). The molecule has 182 valence electrons. The van der Waals surface area contributed by atoms with Crippen LogP contribution in [0, 0.1) is 12.8 Å². The number of carbonyl (C=O) groups is 2. The molecule has 2 heterocycles. The molecule has 2 aromatic carbocycles. The number of esters is 1. The molecule has 7 heteroatoms. The van der Waals surface area contributed by atoms with Crippen molar-refractivity contribution in [3.63, 3.8) is 0 Å². The summed E-state index contributed by atoms with van der Waals surface area (Å²) >= 11 is 0. The van der Waals surface area contributed by atoms with Crippen LogP contribution in [-0.2, 0) is 16.1 Å². The highest BCUT2D eigenvalue weighted by molar-refractivity contribution is 5.99. The van der Waals surface area contributed by atoms with Crippen LogP contribution in [0.2, 0.25) is 0 Å². The number of ether oxygens (including phenoxy) is 1.